The van der Waals surface area contributed by atoms with E-state index in [0.717, 1.165) is 0 Å². The van der Waals surface area contributed by atoms with Crippen LogP contribution in [-0.2, 0) is 12.2 Å². The summed E-state index contributed by atoms with van der Waals surface area (Å²) in [4.78, 5) is 2.94. The topological polar surface area (TPSA) is 38.0 Å². The molecule has 0 fully saturated rings. The fourth-order valence-electron chi connectivity index (χ4n) is 1.47. The van der Waals surface area contributed by atoms with Gasteiger partial charge in [0.2, 0.25) is 0 Å². The normalized spacial score (nSPS) is 18.3. The molecule has 2 heterocycles. The molecule has 13 heavy (non-hydrogen) atoms. The molecule has 1 aromatic rings. The fraction of sp³-hybridized carbons (Fsp3) is 0.556. The smallest absolute Gasteiger partial charge is 0.0525 e. The SMILES string of the molecule is CC(NN)c1cc2c(s1)CCSC2. The van der Waals surface area contributed by atoms with Gasteiger partial charge in [0.05, 0.1) is 6.04 Å². The molecule has 4 heteroatoms. The van der Waals surface area contributed by atoms with Crippen LogP contribution < -0.4 is 11.3 Å². The van der Waals surface area contributed by atoms with Gasteiger partial charge in [-0.15, -0.1) is 11.3 Å². The molecule has 1 aromatic heterocycles. The molecule has 0 saturated carbocycles. The number of thiophene rings is 1. The highest BCUT2D eigenvalue weighted by atomic mass is 32.2. The molecule has 0 aromatic carbocycles. The first-order valence-electron chi connectivity index (χ1n) is 4.46. The minimum absolute atomic E-state index is 0.292. The molecular formula is C9H14N2S2. The summed E-state index contributed by atoms with van der Waals surface area (Å²) in [6.07, 6.45) is 1.24. The summed E-state index contributed by atoms with van der Waals surface area (Å²) in [6, 6.07) is 2.59. The summed E-state index contributed by atoms with van der Waals surface area (Å²) in [6.45, 7) is 2.10. The summed E-state index contributed by atoms with van der Waals surface area (Å²) in [7, 11) is 0. The average Bonchev–Trinajstić information content (AvgIpc) is 2.59. The van der Waals surface area contributed by atoms with Gasteiger partial charge >= 0.3 is 0 Å². The van der Waals surface area contributed by atoms with Gasteiger partial charge in [-0.1, -0.05) is 0 Å². The summed E-state index contributed by atoms with van der Waals surface area (Å²) in [5.41, 5.74) is 4.32. The largest absolute Gasteiger partial charge is 0.271 e. The molecule has 1 unspecified atom stereocenters. The van der Waals surface area contributed by atoms with Crippen LogP contribution >= 0.6 is 23.1 Å². The van der Waals surface area contributed by atoms with E-state index in [1.165, 1.54) is 28.4 Å². The Bertz CT molecular complexity index is 272. The number of hydrazine groups is 1. The van der Waals surface area contributed by atoms with Crippen LogP contribution in [0.15, 0.2) is 6.07 Å². The van der Waals surface area contributed by atoms with Crippen LogP contribution in [0.4, 0.5) is 0 Å². The molecule has 1 aliphatic rings. The highest BCUT2D eigenvalue weighted by molar-refractivity contribution is 7.98. The standard InChI is InChI=1S/C9H14N2S2/c1-6(11-10)9-4-7-5-12-3-2-8(7)13-9/h4,6,11H,2-3,5,10H2,1H3. The van der Waals surface area contributed by atoms with Crippen molar-refractivity contribution in [1.29, 1.82) is 0 Å². The highest BCUT2D eigenvalue weighted by Gasteiger charge is 2.15. The van der Waals surface area contributed by atoms with Crippen molar-refractivity contribution in [3.8, 4) is 0 Å². The Balaban J connectivity index is 2.25. The molecule has 0 bridgehead atoms. The Morgan fingerprint density at radius 2 is 2.46 bits per heavy atom. The van der Waals surface area contributed by atoms with Crippen LogP contribution in [0.2, 0.25) is 0 Å². The van der Waals surface area contributed by atoms with Crippen LogP contribution in [0, 0.1) is 0 Å². The Hall–Kier alpha value is -0.0300. The van der Waals surface area contributed by atoms with Gasteiger partial charge in [0, 0.05) is 15.5 Å². The van der Waals surface area contributed by atoms with E-state index in [1.54, 1.807) is 4.88 Å². The summed E-state index contributed by atoms with van der Waals surface area (Å²) in [5, 5.41) is 0. The molecule has 3 N–H and O–H groups in total. The zero-order valence-electron chi connectivity index (χ0n) is 7.67. The van der Waals surface area contributed by atoms with Gasteiger partial charge in [0.25, 0.3) is 0 Å². The molecule has 0 saturated heterocycles. The van der Waals surface area contributed by atoms with Crippen LogP contribution in [0.25, 0.3) is 0 Å². The van der Waals surface area contributed by atoms with Gasteiger partial charge in [-0.05, 0) is 30.7 Å². The molecule has 0 radical (unpaired) electrons. The van der Waals surface area contributed by atoms with E-state index in [-0.39, 0.29) is 0 Å². The van der Waals surface area contributed by atoms with E-state index in [2.05, 4.69) is 18.4 Å². The Kier molecular flexibility index (Phi) is 2.93. The zero-order chi connectivity index (χ0) is 9.26. The van der Waals surface area contributed by atoms with Crippen molar-refractivity contribution in [3.63, 3.8) is 0 Å². The Labute approximate surface area is 86.9 Å². The summed E-state index contributed by atoms with van der Waals surface area (Å²) in [5.74, 6) is 7.87. The van der Waals surface area contributed by atoms with Crippen LogP contribution in [0.3, 0.4) is 0 Å². The third kappa shape index (κ3) is 1.91. The van der Waals surface area contributed by atoms with Crippen LogP contribution in [0.1, 0.15) is 28.3 Å². The second-order valence-corrected chi connectivity index (χ2v) is 5.56. The van der Waals surface area contributed by atoms with Gasteiger partial charge in [0.1, 0.15) is 0 Å². The maximum absolute atomic E-state index is 5.41. The van der Waals surface area contributed by atoms with Crippen molar-refractivity contribution in [1.82, 2.24) is 5.43 Å². The van der Waals surface area contributed by atoms with Gasteiger partial charge in [0.15, 0.2) is 0 Å². The van der Waals surface area contributed by atoms with E-state index < -0.39 is 0 Å². The van der Waals surface area contributed by atoms with Crippen molar-refractivity contribution in [2.24, 2.45) is 5.84 Å². The Morgan fingerprint density at radius 3 is 3.15 bits per heavy atom. The van der Waals surface area contributed by atoms with Gasteiger partial charge in [-0.25, -0.2) is 0 Å². The lowest BCUT2D eigenvalue weighted by atomic mass is 10.2. The molecule has 0 amide bonds. The molecule has 2 rings (SSSR count). The van der Waals surface area contributed by atoms with E-state index in [4.69, 9.17) is 5.84 Å². The number of thioether (sulfide) groups is 1. The van der Waals surface area contributed by atoms with Crippen LogP contribution in [-0.4, -0.2) is 5.75 Å². The van der Waals surface area contributed by atoms with Crippen LogP contribution in [0.5, 0.6) is 0 Å². The third-order valence-electron chi connectivity index (χ3n) is 2.32. The monoisotopic (exact) mass is 214 g/mol. The zero-order valence-corrected chi connectivity index (χ0v) is 9.30. The lowest BCUT2D eigenvalue weighted by Gasteiger charge is -2.08. The quantitative estimate of drug-likeness (QED) is 0.584. The Morgan fingerprint density at radius 1 is 1.62 bits per heavy atom. The first-order valence-corrected chi connectivity index (χ1v) is 6.43. The lowest BCUT2D eigenvalue weighted by Crippen LogP contribution is -2.24. The van der Waals surface area contributed by atoms with Crippen molar-refractivity contribution >= 4 is 23.1 Å². The number of hydrogen-bond acceptors (Lipinski definition) is 4. The number of nitrogens with two attached hydrogens (primary N) is 1. The minimum atomic E-state index is 0.292. The van der Waals surface area contributed by atoms with Crippen molar-refractivity contribution in [2.75, 3.05) is 5.75 Å². The second kappa shape index (κ2) is 4.00. The molecule has 1 atom stereocenters. The number of aryl methyl sites for hydroxylation is 1. The van der Waals surface area contributed by atoms with Gasteiger partial charge in [-0.2, -0.15) is 11.8 Å². The minimum Gasteiger partial charge on any atom is -0.271 e. The van der Waals surface area contributed by atoms with E-state index in [9.17, 15) is 0 Å². The maximum Gasteiger partial charge on any atom is 0.0525 e. The molecular weight excluding hydrogens is 200 g/mol. The highest BCUT2D eigenvalue weighted by Crippen LogP contribution is 2.33. The summed E-state index contributed by atoms with van der Waals surface area (Å²) >= 11 is 3.94. The second-order valence-electron chi connectivity index (χ2n) is 3.29. The molecule has 2 nitrogen and oxygen atoms in total. The van der Waals surface area contributed by atoms with E-state index in [0.29, 0.717) is 6.04 Å². The third-order valence-corrected chi connectivity index (χ3v) is 4.75. The first kappa shape index (κ1) is 9.52. The molecule has 72 valence electrons. The lowest BCUT2D eigenvalue weighted by molar-refractivity contribution is 0.612. The fourth-order valence-corrected chi connectivity index (χ4v) is 3.85. The maximum atomic E-state index is 5.41. The van der Waals surface area contributed by atoms with E-state index in [1.807, 2.05) is 23.1 Å². The predicted molar refractivity (Wildman–Crippen MR) is 59.9 cm³/mol. The molecule has 0 spiro atoms. The predicted octanol–water partition coefficient (Wildman–Crippen LogP) is 2.06. The number of nitrogens with one attached hydrogen (secondary N) is 1. The first-order chi connectivity index (χ1) is 6.31. The molecule has 1 aliphatic heterocycles. The van der Waals surface area contributed by atoms with Crippen molar-refractivity contribution in [3.05, 3.63) is 21.4 Å². The molecule has 0 aliphatic carbocycles. The van der Waals surface area contributed by atoms with Crippen molar-refractivity contribution in [2.45, 2.75) is 25.1 Å². The van der Waals surface area contributed by atoms with E-state index >= 15 is 0 Å². The summed E-state index contributed by atoms with van der Waals surface area (Å²) < 4.78 is 0. The van der Waals surface area contributed by atoms with Gasteiger partial charge in [-0.3, -0.25) is 11.3 Å². The number of fused-ring (bicyclic) bond motifs is 1. The average molecular weight is 214 g/mol. The number of rotatable bonds is 2. The number of hydrogen-bond donors (Lipinski definition) is 2. The van der Waals surface area contributed by atoms with Crippen molar-refractivity contribution < 1.29 is 0 Å². The van der Waals surface area contributed by atoms with Gasteiger partial charge < -0.3 is 0 Å².